The first-order valence-electron chi connectivity index (χ1n) is 8.74. The van der Waals surface area contributed by atoms with Crippen LogP contribution in [0.5, 0.6) is 0 Å². The molecule has 0 unspecified atom stereocenters. The molecule has 2 heterocycles. The number of amides is 3. The summed E-state index contributed by atoms with van der Waals surface area (Å²) in [5.74, 6) is -0.591. The molecule has 1 aromatic heterocycles. The van der Waals surface area contributed by atoms with Crippen molar-refractivity contribution in [3.8, 4) is 0 Å². The van der Waals surface area contributed by atoms with E-state index in [1.165, 1.54) is 22.5 Å². The van der Waals surface area contributed by atoms with Crippen molar-refractivity contribution in [1.82, 2.24) is 10.2 Å². The number of fused-ring (bicyclic) bond motifs is 1. The van der Waals surface area contributed by atoms with E-state index in [2.05, 4.69) is 5.32 Å². The number of aryl methyl sites for hydroxylation is 3. The molecule has 0 saturated carbocycles. The molecule has 3 amide bonds. The Morgan fingerprint density at radius 3 is 2.69 bits per heavy atom. The number of carbonyl (C=O) groups is 3. The minimum Gasteiger partial charge on any atom is -0.319 e. The van der Waals surface area contributed by atoms with Gasteiger partial charge in [0, 0.05) is 4.88 Å². The van der Waals surface area contributed by atoms with Gasteiger partial charge in [-0.1, -0.05) is 18.2 Å². The first kappa shape index (κ1) is 17.0. The van der Waals surface area contributed by atoms with E-state index in [1.807, 2.05) is 31.2 Å². The first-order valence-corrected chi connectivity index (χ1v) is 9.56. The summed E-state index contributed by atoms with van der Waals surface area (Å²) < 4.78 is 0. The second-order valence-electron chi connectivity index (χ2n) is 7.12. The number of imide groups is 1. The van der Waals surface area contributed by atoms with E-state index in [9.17, 15) is 14.4 Å². The van der Waals surface area contributed by atoms with Crippen molar-refractivity contribution in [2.75, 3.05) is 6.54 Å². The third kappa shape index (κ3) is 2.65. The van der Waals surface area contributed by atoms with E-state index in [1.54, 1.807) is 13.0 Å². The van der Waals surface area contributed by atoms with Crippen LogP contribution in [0.1, 0.15) is 44.6 Å². The highest BCUT2D eigenvalue weighted by molar-refractivity contribution is 7.14. The number of hydrogen-bond acceptors (Lipinski definition) is 4. The third-order valence-electron chi connectivity index (χ3n) is 5.27. The maximum Gasteiger partial charge on any atom is 0.325 e. The number of thiophene rings is 1. The number of hydrogen-bond donors (Lipinski definition) is 1. The van der Waals surface area contributed by atoms with Gasteiger partial charge in [-0.15, -0.1) is 11.3 Å². The molecule has 1 N–H and O–H groups in total. The van der Waals surface area contributed by atoms with Gasteiger partial charge in [-0.2, -0.15) is 0 Å². The van der Waals surface area contributed by atoms with Crippen LogP contribution in [0.3, 0.4) is 0 Å². The predicted octanol–water partition coefficient (Wildman–Crippen LogP) is 3.20. The molecule has 0 bridgehead atoms. The number of urea groups is 1. The van der Waals surface area contributed by atoms with E-state index < -0.39 is 11.6 Å². The lowest BCUT2D eigenvalue weighted by Crippen LogP contribution is -2.41. The van der Waals surface area contributed by atoms with Gasteiger partial charge in [0.05, 0.1) is 11.4 Å². The molecule has 1 aromatic carbocycles. The fraction of sp³-hybridized carbons (Fsp3) is 0.350. The zero-order valence-electron chi connectivity index (χ0n) is 14.8. The molecule has 2 aromatic rings. The summed E-state index contributed by atoms with van der Waals surface area (Å²) >= 11 is 1.37. The molecule has 1 aliphatic heterocycles. The minimum atomic E-state index is -1.12. The van der Waals surface area contributed by atoms with Crippen LogP contribution in [0, 0.1) is 6.92 Å². The number of carbonyl (C=O) groups excluding carboxylic acids is 3. The Kier molecular flexibility index (Phi) is 3.95. The molecule has 1 saturated heterocycles. The maximum absolute atomic E-state index is 13.0. The van der Waals surface area contributed by atoms with Gasteiger partial charge in [0.2, 0.25) is 0 Å². The number of benzene rings is 1. The summed E-state index contributed by atoms with van der Waals surface area (Å²) in [5, 5.41) is 2.79. The summed E-state index contributed by atoms with van der Waals surface area (Å²) in [6.07, 6.45) is 3.19. The summed E-state index contributed by atoms with van der Waals surface area (Å²) in [7, 11) is 0. The van der Waals surface area contributed by atoms with Crippen LogP contribution < -0.4 is 5.32 Å². The Bertz CT molecular complexity index is 933. The third-order valence-corrected chi connectivity index (χ3v) is 6.31. The quantitative estimate of drug-likeness (QED) is 0.666. The number of Topliss-reactive ketones (excluding diaryl/α,β-unsaturated/α-hetero) is 1. The highest BCUT2D eigenvalue weighted by Gasteiger charge is 2.49. The molecule has 1 atom stereocenters. The lowest BCUT2D eigenvalue weighted by atomic mass is 9.89. The van der Waals surface area contributed by atoms with Crippen LogP contribution in [-0.2, 0) is 23.2 Å². The van der Waals surface area contributed by atoms with E-state index >= 15 is 0 Å². The van der Waals surface area contributed by atoms with Gasteiger partial charge >= 0.3 is 6.03 Å². The Hall–Kier alpha value is -2.47. The fourth-order valence-corrected chi connectivity index (χ4v) is 4.52. The molecule has 26 heavy (non-hydrogen) atoms. The average molecular weight is 368 g/mol. The standard InChI is InChI=1S/C20H20N2O3S/c1-12-6-9-17(26-12)16(23)11-22-18(24)20(2,21-19(22)25)15-8-7-13-4-3-5-14(13)10-15/h6-10H,3-5,11H2,1-2H3,(H,21,25)/t20-/m1/s1. The van der Waals surface area contributed by atoms with Crippen molar-refractivity contribution in [3.05, 3.63) is 56.8 Å². The number of nitrogens with zero attached hydrogens (tertiary/aromatic N) is 1. The molecule has 5 nitrogen and oxygen atoms in total. The van der Waals surface area contributed by atoms with E-state index in [0.717, 1.165) is 34.6 Å². The van der Waals surface area contributed by atoms with Crippen LogP contribution in [0.2, 0.25) is 0 Å². The van der Waals surface area contributed by atoms with Crippen molar-refractivity contribution in [3.63, 3.8) is 0 Å². The van der Waals surface area contributed by atoms with Gasteiger partial charge in [0.1, 0.15) is 5.54 Å². The Labute approximate surface area is 156 Å². The van der Waals surface area contributed by atoms with Crippen LogP contribution >= 0.6 is 11.3 Å². The van der Waals surface area contributed by atoms with Crippen molar-refractivity contribution in [2.24, 2.45) is 0 Å². The molecule has 0 radical (unpaired) electrons. The van der Waals surface area contributed by atoms with Gasteiger partial charge in [-0.05, 0) is 61.9 Å². The lowest BCUT2D eigenvalue weighted by molar-refractivity contribution is -0.130. The predicted molar refractivity (Wildman–Crippen MR) is 99.5 cm³/mol. The van der Waals surface area contributed by atoms with Crippen molar-refractivity contribution >= 4 is 29.1 Å². The lowest BCUT2D eigenvalue weighted by Gasteiger charge is -2.23. The monoisotopic (exact) mass is 368 g/mol. The zero-order chi connectivity index (χ0) is 18.5. The second-order valence-corrected chi connectivity index (χ2v) is 8.40. The van der Waals surface area contributed by atoms with E-state index in [-0.39, 0.29) is 18.2 Å². The second kappa shape index (κ2) is 6.06. The summed E-state index contributed by atoms with van der Waals surface area (Å²) in [6.45, 7) is 3.40. The number of ketones is 1. The Morgan fingerprint density at radius 2 is 1.96 bits per heavy atom. The summed E-state index contributed by atoms with van der Waals surface area (Å²) in [4.78, 5) is 40.5. The molecule has 6 heteroatoms. The first-order chi connectivity index (χ1) is 12.4. The molecule has 2 aliphatic rings. The SMILES string of the molecule is Cc1ccc(C(=O)CN2C(=O)N[C@](C)(c3ccc4c(c3)CCC4)C2=O)s1. The highest BCUT2D eigenvalue weighted by atomic mass is 32.1. The molecule has 1 fully saturated rings. The zero-order valence-corrected chi connectivity index (χ0v) is 15.6. The van der Waals surface area contributed by atoms with Crippen molar-refractivity contribution in [1.29, 1.82) is 0 Å². The smallest absolute Gasteiger partial charge is 0.319 e. The molecule has 134 valence electrons. The summed E-state index contributed by atoms with van der Waals surface area (Å²) in [5.41, 5.74) is 2.21. The van der Waals surface area contributed by atoms with Crippen LogP contribution in [0.4, 0.5) is 4.79 Å². The highest BCUT2D eigenvalue weighted by Crippen LogP contribution is 2.32. The fourth-order valence-electron chi connectivity index (χ4n) is 3.72. The van der Waals surface area contributed by atoms with E-state index in [4.69, 9.17) is 0 Å². The van der Waals surface area contributed by atoms with Crippen LogP contribution in [0.25, 0.3) is 0 Å². The summed E-state index contributed by atoms with van der Waals surface area (Å²) in [6, 6.07) is 9.06. The van der Waals surface area contributed by atoms with Gasteiger partial charge in [0.15, 0.2) is 5.78 Å². The normalized spacial score (nSPS) is 21.8. The minimum absolute atomic E-state index is 0.218. The maximum atomic E-state index is 13.0. The largest absolute Gasteiger partial charge is 0.325 e. The molecule has 0 spiro atoms. The van der Waals surface area contributed by atoms with E-state index in [0.29, 0.717) is 4.88 Å². The van der Waals surface area contributed by atoms with Gasteiger partial charge in [-0.25, -0.2) is 4.79 Å². The number of rotatable bonds is 4. The van der Waals surface area contributed by atoms with Gasteiger partial charge in [0.25, 0.3) is 5.91 Å². The van der Waals surface area contributed by atoms with Gasteiger partial charge < -0.3 is 5.32 Å². The van der Waals surface area contributed by atoms with Crippen molar-refractivity contribution in [2.45, 2.75) is 38.6 Å². The van der Waals surface area contributed by atoms with Crippen LogP contribution in [0.15, 0.2) is 30.3 Å². The Balaban J connectivity index is 1.59. The molecule has 1 aliphatic carbocycles. The Morgan fingerprint density at radius 1 is 1.19 bits per heavy atom. The topological polar surface area (TPSA) is 66.5 Å². The molecular formula is C20H20N2O3S. The van der Waals surface area contributed by atoms with Crippen molar-refractivity contribution < 1.29 is 14.4 Å². The van der Waals surface area contributed by atoms with Crippen LogP contribution in [-0.4, -0.2) is 29.2 Å². The number of nitrogens with one attached hydrogen (secondary N) is 1. The molecular weight excluding hydrogens is 348 g/mol. The van der Waals surface area contributed by atoms with Gasteiger partial charge in [-0.3, -0.25) is 14.5 Å². The molecule has 4 rings (SSSR count). The average Bonchev–Trinajstić information content (AvgIpc) is 3.30.